The van der Waals surface area contributed by atoms with E-state index in [1.54, 1.807) is 18.2 Å². The van der Waals surface area contributed by atoms with Crippen LogP contribution in [0.15, 0.2) is 54.1 Å². The Morgan fingerprint density at radius 3 is 2.03 bits per heavy atom. The number of hydrogen-bond donors (Lipinski definition) is 1. The third kappa shape index (κ3) is 6.47. The molecule has 1 heterocycles. The van der Waals surface area contributed by atoms with E-state index in [0.29, 0.717) is 17.5 Å². The Morgan fingerprint density at radius 1 is 0.931 bits per heavy atom. The lowest BCUT2D eigenvalue weighted by Gasteiger charge is -2.28. The van der Waals surface area contributed by atoms with Gasteiger partial charge in [0.05, 0.1) is 5.57 Å². The molecule has 11 heteroatoms. The summed E-state index contributed by atoms with van der Waals surface area (Å²) in [4.78, 5) is 11.1. The molecule has 0 aromatic heterocycles. The maximum absolute atomic E-state index is 13.2. The molecule has 3 nitrogen and oxygen atoms in total. The molecule has 0 aliphatic carbocycles. The quantitative estimate of drug-likeness (QED) is 0.704. The molecule has 0 saturated carbocycles. The second-order valence-electron chi connectivity index (χ2n) is 5.44. The van der Waals surface area contributed by atoms with E-state index < -0.39 is 23.8 Å². The summed E-state index contributed by atoms with van der Waals surface area (Å²) >= 11 is 0. The molecular formula is C18H18F8O3. The number of para-hydroxylation sites is 1. The van der Waals surface area contributed by atoms with Crippen LogP contribution in [0.4, 0.5) is 36.7 Å². The van der Waals surface area contributed by atoms with Crippen LogP contribution in [0.1, 0.15) is 16.7 Å². The van der Waals surface area contributed by atoms with E-state index in [4.69, 9.17) is 9.84 Å². The minimum atomic E-state index is -4.80. The van der Waals surface area contributed by atoms with E-state index in [9.17, 15) is 18.0 Å². The minimum Gasteiger partial charge on any atom is -0.478 e. The Bertz CT molecular complexity index is 806. The standard InChI is InChI=1S/C18H13F3O3.5FH/c19-18(20,21)16-14(17(22)23)10-13-8-4-7-12(15(13)24-16)9-11-5-2-1-3-6-11;;;;;/h1-8,10,16H,9H2,(H,22,23);5*1H. The molecule has 3 rings (SSSR count). The molecule has 0 amide bonds. The van der Waals surface area contributed by atoms with Crippen molar-refractivity contribution in [3.63, 3.8) is 0 Å². The number of aliphatic carboxylic acids is 1. The van der Waals surface area contributed by atoms with Crippen LogP contribution < -0.4 is 4.74 Å². The minimum absolute atomic E-state index is 0. The van der Waals surface area contributed by atoms with Gasteiger partial charge in [-0.1, -0.05) is 48.5 Å². The number of carbonyl (C=O) groups is 1. The van der Waals surface area contributed by atoms with Gasteiger partial charge >= 0.3 is 12.1 Å². The molecule has 0 radical (unpaired) electrons. The molecule has 1 N–H and O–H groups in total. The monoisotopic (exact) mass is 434 g/mol. The van der Waals surface area contributed by atoms with E-state index in [1.165, 1.54) is 0 Å². The molecule has 1 aliphatic rings. The summed E-state index contributed by atoms with van der Waals surface area (Å²) < 4.78 is 44.6. The zero-order valence-electron chi connectivity index (χ0n) is 14.4. The molecule has 1 aliphatic heterocycles. The van der Waals surface area contributed by atoms with Crippen molar-refractivity contribution >= 4 is 12.0 Å². The molecule has 0 fully saturated rings. The largest absolute Gasteiger partial charge is 0.478 e. The van der Waals surface area contributed by atoms with Crippen LogP contribution in [0.25, 0.3) is 6.08 Å². The molecule has 164 valence electrons. The van der Waals surface area contributed by atoms with Gasteiger partial charge in [0.2, 0.25) is 6.10 Å². The van der Waals surface area contributed by atoms with Gasteiger partial charge in [0.25, 0.3) is 0 Å². The van der Waals surface area contributed by atoms with Crippen LogP contribution in [0, 0.1) is 0 Å². The van der Waals surface area contributed by atoms with Crippen LogP contribution in [0.5, 0.6) is 5.75 Å². The van der Waals surface area contributed by atoms with Crippen molar-refractivity contribution < 1.29 is 51.3 Å². The first kappa shape index (κ1) is 30.6. The van der Waals surface area contributed by atoms with Crippen LogP contribution in [0.3, 0.4) is 0 Å². The normalized spacial score (nSPS) is 13.9. The van der Waals surface area contributed by atoms with Gasteiger partial charge < -0.3 is 9.84 Å². The molecule has 0 bridgehead atoms. The van der Waals surface area contributed by atoms with Crippen molar-refractivity contribution in [3.05, 3.63) is 70.8 Å². The summed E-state index contributed by atoms with van der Waals surface area (Å²) in [5.74, 6) is -1.56. The van der Waals surface area contributed by atoms with Crippen molar-refractivity contribution in [3.8, 4) is 5.75 Å². The smallest absolute Gasteiger partial charge is 0.430 e. The van der Waals surface area contributed by atoms with E-state index in [-0.39, 0.29) is 29.3 Å². The summed E-state index contributed by atoms with van der Waals surface area (Å²) in [6.45, 7) is 0. The lowest BCUT2D eigenvalue weighted by Crippen LogP contribution is -2.40. The molecule has 2 aromatic rings. The Balaban J connectivity index is -0.00000135. The molecule has 0 saturated heterocycles. The van der Waals surface area contributed by atoms with Crippen molar-refractivity contribution in [2.24, 2.45) is 0 Å². The van der Waals surface area contributed by atoms with Gasteiger partial charge in [-0.15, -0.1) is 0 Å². The fraction of sp³-hybridized carbons (Fsp3) is 0.167. The summed E-state index contributed by atoms with van der Waals surface area (Å²) in [5, 5.41) is 9.05. The Labute approximate surface area is 159 Å². The number of ether oxygens (including phenoxy) is 1. The molecule has 1 atom stereocenters. The van der Waals surface area contributed by atoms with E-state index in [0.717, 1.165) is 11.6 Å². The van der Waals surface area contributed by atoms with E-state index in [2.05, 4.69) is 0 Å². The molecule has 1 unspecified atom stereocenters. The first-order valence-corrected chi connectivity index (χ1v) is 7.20. The van der Waals surface area contributed by atoms with Gasteiger partial charge in [-0.2, -0.15) is 13.2 Å². The second-order valence-corrected chi connectivity index (χ2v) is 5.44. The number of benzene rings is 2. The maximum atomic E-state index is 13.2. The van der Waals surface area contributed by atoms with Crippen LogP contribution in [-0.4, -0.2) is 23.4 Å². The van der Waals surface area contributed by atoms with Crippen LogP contribution >= 0.6 is 0 Å². The zero-order chi connectivity index (χ0) is 17.3. The number of alkyl halides is 3. The highest BCUT2D eigenvalue weighted by Crippen LogP contribution is 2.39. The van der Waals surface area contributed by atoms with Gasteiger partial charge in [-0.3, -0.25) is 23.5 Å². The second kappa shape index (κ2) is 11.7. The average Bonchev–Trinajstić information content (AvgIpc) is 2.54. The highest BCUT2D eigenvalue weighted by atomic mass is 19.4. The Hall–Kier alpha value is -3.11. The fourth-order valence-electron chi connectivity index (χ4n) is 2.66. The van der Waals surface area contributed by atoms with Gasteiger partial charge in [-0.05, 0) is 17.2 Å². The summed E-state index contributed by atoms with van der Waals surface area (Å²) in [5.41, 5.74) is 1.02. The summed E-state index contributed by atoms with van der Waals surface area (Å²) in [7, 11) is 0. The molecule has 0 spiro atoms. The van der Waals surface area contributed by atoms with Gasteiger partial charge in [-0.25, -0.2) is 4.79 Å². The predicted octanol–water partition coefficient (Wildman–Crippen LogP) is 4.83. The van der Waals surface area contributed by atoms with Crippen molar-refractivity contribution in [1.29, 1.82) is 0 Å². The Kier molecular flexibility index (Phi) is 12.3. The van der Waals surface area contributed by atoms with Crippen LogP contribution in [-0.2, 0) is 11.2 Å². The van der Waals surface area contributed by atoms with Crippen molar-refractivity contribution in [2.45, 2.75) is 18.7 Å². The highest BCUT2D eigenvalue weighted by Gasteiger charge is 2.48. The molecule has 2 aromatic carbocycles. The third-order valence-corrected chi connectivity index (χ3v) is 3.74. The highest BCUT2D eigenvalue weighted by molar-refractivity contribution is 5.95. The number of rotatable bonds is 3. The number of carboxylic acids is 1. The van der Waals surface area contributed by atoms with Crippen LogP contribution in [0.2, 0.25) is 0 Å². The maximum Gasteiger partial charge on any atom is 0.430 e. The molecular weight excluding hydrogens is 416 g/mol. The third-order valence-electron chi connectivity index (χ3n) is 3.74. The SMILES string of the molecule is F.F.F.F.F.O=C(O)C1=Cc2cccc(Cc3ccccc3)c2OC1C(F)(F)F. The van der Waals surface area contributed by atoms with Crippen molar-refractivity contribution in [1.82, 2.24) is 0 Å². The van der Waals surface area contributed by atoms with Gasteiger partial charge in [0.1, 0.15) is 5.75 Å². The first-order chi connectivity index (χ1) is 11.4. The zero-order valence-corrected chi connectivity index (χ0v) is 14.4. The van der Waals surface area contributed by atoms with Gasteiger partial charge in [0.15, 0.2) is 0 Å². The van der Waals surface area contributed by atoms with Crippen molar-refractivity contribution in [2.75, 3.05) is 0 Å². The number of carboxylic acid groups (broad SMARTS) is 1. The number of halogens is 8. The predicted molar refractivity (Wildman–Crippen MR) is 94.3 cm³/mol. The summed E-state index contributed by atoms with van der Waals surface area (Å²) in [6, 6.07) is 14.1. The number of hydrogen-bond acceptors (Lipinski definition) is 2. The topological polar surface area (TPSA) is 46.5 Å². The fourth-order valence-corrected chi connectivity index (χ4v) is 2.66. The lowest BCUT2D eigenvalue weighted by molar-refractivity contribution is -0.187. The van der Waals surface area contributed by atoms with E-state index >= 15 is 0 Å². The summed E-state index contributed by atoms with van der Waals surface area (Å²) in [6.07, 6.45) is -5.85. The average molecular weight is 434 g/mol. The van der Waals surface area contributed by atoms with E-state index in [1.807, 2.05) is 30.3 Å². The Morgan fingerprint density at radius 2 is 1.52 bits per heavy atom. The molecule has 29 heavy (non-hydrogen) atoms. The number of fused-ring (bicyclic) bond motifs is 1. The lowest BCUT2D eigenvalue weighted by atomic mass is 9.96. The first-order valence-electron chi connectivity index (χ1n) is 7.20. The van der Waals surface area contributed by atoms with Gasteiger partial charge in [0, 0.05) is 12.0 Å².